The summed E-state index contributed by atoms with van der Waals surface area (Å²) in [6, 6.07) is 0. The lowest BCUT2D eigenvalue weighted by Gasteiger charge is -2.25. The molecular weight excluding hydrogens is 330 g/mol. The minimum atomic E-state index is 0.594. The van der Waals surface area contributed by atoms with Gasteiger partial charge < -0.3 is 15.1 Å². The molecule has 0 radical (unpaired) electrons. The van der Waals surface area contributed by atoms with Gasteiger partial charge in [-0.3, -0.25) is 4.99 Å². The smallest absolute Gasteiger partial charge is 0.193 e. The third-order valence-corrected chi connectivity index (χ3v) is 7.14. The van der Waals surface area contributed by atoms with E-state index in [-0.39, 0.29) is 0 Å². The Morgan fingerprint density at radius 1 is 1.20 bits per heavy atom. The number of nitrogens with zero attached hydrogens (tertiary/aromatic N) is 4. The van der Waals surface area contributed by atoms with Crippen LogP contribution in [0.4, 0.5) is 5.13 Å². The van der Waals surface area contributed by atoms with E-state index in [0.29, 0.717) is 5.41 Å². The topological polar surface area (TPSA) is 43.8 Å². The number of likely N-dealkylation sites (tertiary alicyclic amines) is 1. The first-order valence-corrected chi connectivity index (χ1v) is 10.8. The van der Waals surface area contributed by atoms with E-state index in [9.17, 15) is 0 Å². The molecule has 1 aliphatic carbocycles. The Morgan fingerprint density at radius 3 is 2.76 bits per heavy atom. The van der Waals surface area contributed by atoms with E-state index in [0.717, 1.165) is 25.5 Å². The number of guanidine groups is 1. The van der Waals surface area contributed by atoms with E-state index in [4.69, 9.17) is 4.98 Å². The largest absolute Gasteiger partial charge is 0.356 e. The predicted octanol–water partition coefficient (Wildman–Crippen LogP) is 3.13. The number of anilines is 1. The summed E-state index contributed by atoms with van der Waals surface area (Å²) < 4.78 is 0. The zero-order valence-electron chi connectivity index (χ0n) is 15.5. The standard InChI is InChI=1S/C19H31N5S/c1-20-17(24-13-9-19(15-24)7-2-3-8-19)21-10-6-16-14-25-18(22-16)23-11-4-5-12-23/h14H,2-13,15H2,1H3,(H,20,21). The summed E-state index contributed by atoms with van der Waals surface area (Å²) in [6.45, 7) is 5.63. The van der Waals surface area contributed by atoms with Crippen molar-refractivity contribution in [1.29, 1.82) is 0 Å². The van der Waals surface area contributed by atoms with Crippen molar-refractivity contribution in [3.8, 4) is 0 Å². The lowest BCUT2D eigenvalue weighted by molar-refractivity contribution is 0.309. The highest BCUT2D eigenvalue weighted by Gasteiger charge is 2.41. The normalized spacial score (nSPS) is 23.2. The number of rotatable bonds is 4. The molecule has 5 nitrogen and oxygen atoms in total. The van der Waals surface area contributed by atoms with Crippen molar-refractivity contribution in [3.63, 3.8) is 0 Å². The molecule has 3 aliphatic rings. The zero-order valence-corrected chi connectivity index (χ0v) is 16.3. The second-order valence-electron chi connectivity index (χ2n) is 7.92. The second kappa shape index (κ2) is 7.52. The Hall–Kier alpha value is -1.30. The number of nitrogens with one attached hydrogen (secondary N) is 1. The van der Waals surface area contributed by atoms with E-state index in [1.807, 2.05) is 7.05 Å². The van der Waals surface area contributed by atoms with Crippen LogP contribution in [-0.2, 0) is 6.42 Å². The fraction of sp³-hybridized carbons (Fsp3) is 0.789. The van der Waals surface area contributed by atoms with Gasteiger partial charge in [-0.15, -0.1) is 11.3 Å². The Morgan fingerprint density at radius 2 is 2.00 bits per heavy atom. The molecule has 0 unspecified atom stereocenters. The number of thiazole rings is 1. The van der Waals surface area contributed by atoms with E-state index >= 15 is 0 Å². The lowest BCUT2D eigenvalue weighted by atomic mass is 9.86. The van der Waals surface area contributed by atoms with E-state index < -0.39 is 0 Å². The quantitative estimate of drug-likeness (QED) is 0.661. The molecule has 1 aromatic rings. The highest BCUT2D eigenvalue weighted by Crippen LogP contribution is 2.45. The SMILES string of the molecule is CN=C(NCCc1csc(N2CCCC2)n1)N1CCC2(CCCC2)C1. The number of aromatic nitrogens is 1. The van der Waals surface area contributed by atoms with Gasteiger partial charge in [0.1, 0.15) is 0 Å². The van der Waals surface area contributed by atoms with Crippen LogP contribution in [0.2, 0.25) is 0 Å². The summed E-state index contributed by atoms with van der Waals surface area (Å²) in [7, 11) is 1.91. The molecule has 0 amide bonds. The molecule has 1 aromatic heterocycles. The summed E-state index contributed by atoms with van der Waals surface area (Å²) in [5, 5.41) is 7.00. The van der Waals surface area contributed by atoms with E-state index in [1.165, 1.54) is 75.4 Å². The van der Waals surface area contributed by atoms with Crippen LogP contribution in [-0.4, -0.2) is 55.6 Å². The Kier molecular flexibility index (Phi) is 5.15. The van der Waals surface area contributed by atoms with Crippen LogP contribution in [0, 0.1) is 5.41 Å². The van der Waals surface area contributed by atoms with Crippen molar-refractivity contribution in [1.82, 2.24) is 15.2 Å². The molecule has 0 atom stereocenters. The van der Waals surface area contributed by atoms with Crippen LogP contribution < -0.4 is 10.2 Å². The lowest BCUT2D eigenvalue weighted by Crippen LogP contribution is -2.41. The molecule has 2 saturated heterocycles. The van der Waals surface area contributed by atoms with E-state index in [2.05, 4.69) is 25.5 Å². The third-order valence-electron chi connectivity index (χ3n) is 6.19. The van der Waals surface area contributed by atoms with Crippen LogP contribution in [0.1, 0.15) is 50.6 Å². The van der Waals surface area contributed by atoms with Crippen LogP contribution in [0.15, 0.2) is 10.4 Å². The van der Waals surface area contributed by atoms with Gasteiger partial charge in [-0.05, 0) is 37.5 Å². The van der Waals surface area contributed by atoms with Gasteiger partial charge >= 0.3 is 0 Å². The van der Waals surface area contributed by atoms with Gasteiger partial charge in [-0.2, -0.15) is 0 Å². The average molecular weight is 362 g/mol. The molecule has 1 N–H and O–H groups in total. The zero-order chi connectivity index (χ0) is 17.1. The predicted molar refractivity (Wildman–Crippen MR) is 106 cm³/mol. The van der Waals surface area contributed by atoms with Gasteiger partial charge in [-0.25, -0.2) is 4.98 Å². The fourth-order valence-electron chi connectivity index (χ4n) is 4.75. The molecule has 4 rings (SSSR count). The Bertz CT molecular complexity index is 599. The molecule has 138 valence electrons. The molecule has 2 aliphatic heterocycles. The highest BCUT2D eigenvalue weighted by atomic mass is 32.1. The van der Waals surface area contributed by atoms with Crippen molar-refractivity contribution in [2.75, 3.05) is 44.7 Å². The first-order valence-electron chi connectivity index (χ1n) is 9.93. The molecule has 1 saturated carbocycles. The monoisotopic (exact) mass is 361 g/mol. The molecule has 6 heteroatoms. The maximum Gasteiger partial charge on any atom is 0.193 e. The molecule has 0 bridgehead atoms. The summed E-state index contributed by atoms with van der Waals surface area (Å²) in [5.41, 5.74) is 1.81. The third kappa shape index (κ3) is 3.78. The van der Waals surface area contributed by atoms with Crippen LogP contribution in [0.3, 0.4) is 0 Å². The van der Waals surface area contributed by atoms with Gasteiger partial charge in [0.15, 0.2) is 11.1 Å². The van der Waals surface area contributed by atoms with Crippen LogP contribution in [0.5, 0.6) is 0 Å². The van der Waals surface area contributed by atoms with Crippen molar-refractivity contribution in [3.05, 3.63) is 11.1 Å². The molecule has 3 fully saturated rings. The molecule has 25 heavy (non-hydrogen) atoms. The first-order chi connectivity index (χ1) is 12.3. The van der Waals surface area contributed by atoms with Gasteiger partial charge in [0, 0.05) is 51.6 Å². The minimum Gasteiger partial charge on any atom is -0.356 e. The maximum absolute atomic E-state index is 4.82. The number of hydrogen-bond acceptors (Lipinski definition) is 4. The highest BCUT2D eigenvalue weighted by molar-refractivity contribution is 7.13. The summed E-state index contributed by atoms with van der Waals surface area (Å²) in [5.74, 6) is 1.08. The first kappa shape index (κ1) is 17.1. The van der Waals surface area contributed by atoms with Gasteiger partial charge in [0.25, 0.3) is 0 Å². The average Bonchev–Trinajstić information content (AvgIpc) is 3.41. The Labute approximate surface area is 155 Å². The fourth-order valence-corrected chi connectivity index (χ4v) is 5.66. The van der Waals surface area contributed by atoms with E-state index in [1.54, 1.807) is 11.3 Å². The van der Waals surface area contributed by atoms with Crippen LogP contribution >= 0.6 is 11.3 Å². The molecular formula is C19H31N5S. The molecule has 3 heterocycles. The minimum absolute atomic E-state index is 0.594. The molecule has 0 aromatic carbocycles. The summed E-state index contributed by atoms with van der Waals surface area (Å²) in [4.78, 5) is 14.2. The second-order valence-corrected chi connectivity index (χ2v) is 8.75. The van der Waals surface area contributed by atoms with Crippen molar-refractivity contribution < 1.29 is 0 Å². The van der Waals surface area contributed by atoms with Crippen molar-refractivity contribution in [2.45, 2.75) is 51.4 Å². The Balaban J connectivity index is 1.26. The summed E-state index contributed by atoms with van der Waals surface area (Å²) >= 11 is 1.80. The number of aliphatic imine (C=N–C) groups is 1. The van der Waals surface area contributed by atoms with Crippen LogP contribution in [0.25, 0.3) is 0 Å². The maximum atomic E-state index is 4.82. The van der Waals surface area contributed by atoms with Crippen molar-refractivity contribution >= 4 is 22.4 Å². The number of hydrogen-bond donors (Lipinski definition) is 1. The molecule has 1 spiro atoms. The van der Waals surface area contributed by atoms with Crippen molar-refractivity contribution in [2.24, 2.45) is 10.4 Å². The van der Waals surface area contributed by atoms with Gasteiger partial charge in [0.2, 0.25) is 0 Å². The van der Waals surface area contributed by atoms with Gasteiger partial charge in [0.05, 0.1) is 5.69 Å². The summed E-state index contributed by atoms with van der Waals surface area (Å²) in [6.07, 6.45) is 10.6. The van der Waals surface area contributed by atoms with Gasteiger partial charge in [-0.1, -0.05) is 12.8 Å².